The lowest BCUT2D eigenvalue weighted by atomic mass is 10.1. The van der Waals surface area contributed by atoms with Crippen LogP contribution in [-0.2, 0) is 9.59 Å². The van der Waals surface area contributed by atoms with E-state index in [1.165, 1.54) is 19.3 Å². The van der Waals surface area contributed by atoms with Crippen LogP contribution < -0.4 is 5.32 Å². The molecule has 1 N–H and O–H groups in total. The predicted molar refractivity (Wildman–Crippen MR) is 60.8 cm³/mol. The van der Waals surface area contributed by atoms with Gasteiger partial charge in [0.1, 0.15) is 6.04 Å². The average molecular weight is 224 g/mol. The SMILES string of the molecule is CCC1NC(=O)CN(CCCC2CC2)C1=O. The van der Waals surface area contributed by atoms with Gasteiger partial charge in [0.05, 0.1) is 6.54 Å². The molecule has 4 nitrogen and oxygen atoms in total. The van der Waals surface area contributed by atoms with Crippen LogP contribution >= 0.6 is 0 Å². The van der Waals surface area contributed by atoms with Crippen molar-refractivity contribution in [2.45, 2.75) is 45.1 Å². The highest BCUT2D eigenvalue weighted by molar-refractivity contribution is 5.94. The molecule has 2 fully saturated rings. The molecule has 16 heavy (non-hydrogen) atoms. The van der Waals surface area contributed by atoms with Crippen molar-refractivity contribution in [3.05, 3.63) is 0 Å². The number of nitrogens with one attached hydrogen (secondary N) is 1. The molecule has 1 saturated heterocycles. The van der Waals surface area contributed by atoms with Crippen molar-refractivity contribution < 1.29 is 9.59 Å². The van der Waals surface area contributed by atoms with Crippen LogP contribution in [0.2, 0.25) is 0 Å². The van der Waals surface area contributed by atoms with Crippen molar-refractivity contribution in [3.8, 4) is 0 Å². The number of rotatable bonds is 5. The Bertz CT molecular complexity index is 287. The Labute approximate surface area is 96.4 Å². The normalized spacial score (nSPS) is 25.8. The van der Waals surface area contributed by atoms with E-state index in [4.69, 9.17) is 0 Å². The van der Waals surface area contributed by atoms with Gasteiger partial charge in [-0.25, -0.2) is 0 Å². The summed E-state index contributed by atoms with van der Waals surface area (Å²) in [5.74, 6) is 0.978. The monoisotopic (exact) mass is 224 g/mol. The Kier molecular flexibility index (Phi) is 3.46. The average Bonchev–Trinajstić information content (AvgIpc) is 3.06. The standard InChI is InChI=1S/C12H20N2O2/c1-2-10-12(16)14(8-11(15)13-10)7-3-4-9-5-6-9/h9-10H,2-8H2,1H3,(H,13,15). The van der Waals surface area contributed by atoms with E-state index < -0.39 is 0 Å². The third-order valence-corrected chi connectivity index (χ3v) is 3.43. The number of hydrogen-bond donors (Lipinski definition) is 1. The first-order chi connectivity index (χ1) is 7.70. The number of amides is 2. The first-order valence-electron chi connectivity index (χ1n) is 6.29. The van der Waals surface area contributed by atoms with E-state index in [-0.39, 0.29) is 24.4 Å². The fraction of sp³-hybridized carbons (Fsp3) is 0.833. The van der Waals surface area contributed by atoms with Gasteiger partial charge in [-0.15, -0.1) is 0 Å². The smallest absolute Gasteiger partial charge is 0.245 e. The van der Waals surface area contributed by atoms with E-state index in [0.717, 1.165) is 18.9 Å². The molecule has 4 heteroatoms. The lowest BCUT2D eigenvalue weighted by Gasteiger charge is -2.32. The molecular weight excluding hydrogens is 204 g/mol. The molecule has 0 bridgehead atoms. The van der Waals surface area contributed by atoms with Crippen LogP contribution in [0.25, 0.3) is 0 Å². The molecule has 0 aromatic rings. The fourth-order valence-electron chi connectivity index (χ4n) is 2.22. The zero-order chi connectivity index (χ0) is 11.5. The van der Waals surface area contributed by atoms with Crippen LogP contribution in [0.4, 0.5) is 0 Å². The first-order valence-corrected chi connectivity index (χ1v) is 6.29. The van der Waals surface area contributed by atoms with Crippen LogP contribution in [0.5, 0.6) is 0 Å². The third kappa shape index (κ3) is 2.74. The van der Waals surface area contributed by atoms with Crippen LogP contribution in [-0.4, -0.2) is 35.8 Å². The molecule has 1 atom stereocenters. The highest BCUT2D eigenvalue weighted by atomic mass is 16.2. The van der Waals surface area contributed by atoms with Gasteiger partial charge < -0.3 is 10.2 Å². The molecule has 2 rings (SSSR count). The van der Waals surface area contributed by atoms with E-state index in [1.807, 2.05) is 6.92 Å². The Morgan fingerprint density at radius 1 is 1.38 bits per heavy atom. The second-order valence-corrected chi connectivity index (χ2v) is 4.87. The van der Waals surface area contributed by atoms with Crippen molar-refractivity contribution in [2.24, 2.45) is 5.92 Å². The Morgan fingerprint density at radius 3 is 2.75 bits per heavy atom. The molecule has 1 saturated carbocycles. The van der Waals surface area contributed by atoms with Crippen molar-refractivity contribution >= 4 is 11.8 Å². The van der Waals surface area contributed by atoms with E-state index in [1.54, 1.807) is 4.90 Å². The number of carbonyl (C=O) groups excluding carboxylic acids is 2. The Morgan fingerprint density at radius 2 is 2.12 bits per heavy atom. The van der Waals surface area contributed by atoms with Crippen LogP contribution in [0.15, 0.2) is 0 Å². The van der Waals surface area contributed by atoms with Crippen molar-refractivity contribution in [1.82, 2.24) is 10.2 Å². The van der Waals surface area contributed by atoms with Crippen molar-refractivity contribution in [3.63, 3.8) is 0 Å². The molecule has 0 aromatic carbocycles. The molecule has 0 radical (unpaired) electrons. The van der Waals surface area contributed by atoms with Gasteiger partial charge in [0, 0.05) is 6.54 Å². The van der Waals surface area contributed by atoms with Crippen LogP contribution in [0, 0.1) is 5.92 Å². The molecule has 0 aromatic heterocycles. The van der Waals surface area contributed by atoms with Gasteiger partial charge in [0.2, 0.25) is 11.8 Å². The zero-order valence-corrected chi connectivity index (χ0v) is 9.87. The summed E-state index contributed by atoms with van der Waals surface area (Å²) in [6.45, 7) is 2.93. The quantitative estimate of drug-likeness (QED) is 0.754. The first kappa shape index (κ1) is 11.4. The van der Waals surface area contributed by atoms with Gasteiger partial charge in [-0.2, -0.15) is 0 Å². The highest BCUT2D eigenvalue weighted by Gasteiger charge is 2.31. The van der Waals surface area contributed by atoms with Gasteiger partial charge in [-0.1, -0.05) is 19.8 Å². The molecule has 1 heterocycles. The third-order valence-electron chi connectivity index (χ3n) is 3.43. The van der Waals surface area contributed by atoms with E-state index >= 15 is 0 Å². The van der Waals surface area contributed by atoms with Crippen LogP contribution in [0.3, 0.4) is 0 Å². The maximum absolute atomic E-state index is 11.9. The van der Waals surface area contributed by atoms with Gasteiger partial charge >= 0.3 is 0 Å². The summed E-state index contributed by atoms with van der Waals surface area (Å²) in [5, 5.41) is 2.73. The molecule has 90 valence electrons. The summed E-state index contributed by atoms with van der Waals surface area (Å²) in [5.41, 5.74) is 0. The second-order valence-electron chi connectivity index (χ2n) is 4.87. The summed E-state index contributed by atoms with van der Waals surface area (Å²) in [6, 6.07) is -0.290. The molecule has 2 amide bonds. The van der Waals surface area contributed by atoms with Gasteiger partial charge in [-0.05, 0) is 25.2 Å². The molecular formula is C12H20N2O2. The van der Waals surface area contributed by atoms with Gasteiger partial charge in [0.25, 0.3) is 0 Å². The minimum Gasteiger partial charge on any atom is -0.343 e. The Balaban J connectivity index is 1.80. The highest BCUT2D eigenvalue weighted by Crippen LogP contribution is 2.33. The topological polar surface area (TPSA) is 49.4 Å². The fourth-order valence-corrected chi connectivity index (χ4v) is 2.22. The summed E-state index contributed by atoms with van der Waals surface area (Å²) in [7, 11) is 0. The number of carbonyl (C=O) groups is 2. The maximum atomic E-state index is 11.9. The predicted octanol–water partition coefficient (Wildman–Crippen LogP) is 0.914. The van der Waals surface area contributed by atoms with E-state index in [2.05, 4.69) is 5.32 Å². The maximum Gasteiger partial charge on any atom is 0.245 e. The number of nitrogens with zero attached hydrogens (tertiary/aromatic N) is 1. The minimum absolute atomic E-state index is 0.0159. The van der Waals surface area contributed by atoms with Crippen molar-refractivity contribution in [1.29, 1.82) is 0 Å². The number of hydrogen-bond acceptors (Lipinski definition) is 2. The summed E-state index contributed by atoms with van der Waals surface area (Å²) >= 11 is 0. The van der Waals surface area contributed by atoms with Gasteiger partial charge in [-0.3, -0.25) is 9.59 Å². The largest absolute Gasteiger partial charge is 0.343 e. The van der Waals surface area contributed by atoms with E-state index in [0.29, 0.717) is 6.42 Å². The molecule has 0 spiro atoms. The summed E-state index contributed by atoms with van der Waals surface area (Å²) in [4.78, 5) is 25.0. The second kappa shape index (κ2) is 4.85. The van der Waals surface area contributed by atoms with Crippen molar-refractivity contribution in [2.75, 3.05) is 13.1 Å². The van der Waals surface area contributed by atoms with Crippen LogP contribution in [0.1, 0.15) is 39.0 Å². The lowest BCUT2D eigenvalue weighted by Crippen LogP contribution is -2.57. The minimum atomic E-state index is -0.290. The van der Waals surface area contributed by atoms with E-state index in [9.17, 15) is 9.59 Å². The lowest BCUT2D eigenvalue weighted by molar-refractivity contribution is -0.144. The molecule has 1 unspecified atom stereocenters. The van der Waals surface area contributed by atoms with Gasteiger partial charge in [0.15, 0.2) is 0 Å². The summed E-state index contributed by atoms with van der Waals surface area (Å²) < 4.78 is 0. The molecule has 2 aliphatic rings. The molecule has 1 aliphatic heterocycles. The molecule has 1 aliphatic carbocycles. The number of piperazine rings is 1. The summed E-state index contributed by atoms with van der Waals surface area (Å²) in [6.07, 6.45) is 5.64. The Hall–Kier alpha value is -1.06. The zero-order valence-electron chi connectivity index (χ0n) is 9.87.